The molecule has 1 N–H and O–H groups in total. The topological polar surface area (TPSA) is 92.7 Å². The van der Waals surface area contributed by atoms with Crippen LogP contribution in [-0.4, -0.2) is 35.4 Å². The fraction of sp³-hybridized carbons (Fsp3) is 0.231. The number of benzene rings is 3. The van der Waals surface area contributed by atoms with Gasteiger partial charge in [0.25, 0.3) is 5.91 Å². The lowest BCUT2D eigenvalue weighted by molar-refractivity contribution is -0.128. The molecule has 4 rings (SSSR count). The Labute approximate surface area is 211 Å². The highest BCUT2D eigenvalue weighted by Crippen LogP contribution is 2.36. The second-order valence-corrected chi connectivity index (χ2v) is 10.3. The molecule has 4 aromatic rings. The van der Waals surface area contributed by atoms with E-state index in [0.29, 0.717) is 38.4 Å². The highest BCUT2D eigenvalue weighted by Gasteiger charge is 2.24. The van der Waals surface area contributed by atoms with Crippen molar-refractivity contribution >= 4 is 43.8 Å². The van der Waals surface area contributed by atoms with Crippen molar-refractivity contribution in [3.63, 3.8) is 0 Å². The number of anilines is 1. The van der Waals surface area contributed by atoms with Crippen molar-refractivity contribution in [2.24, 2.45) is 0 Å². The van der Waals surface area contributed by atoms with E-state index < -0.39 is 17.3 Å². The van der Waals surface area contributed by atoms with E-state index in [4.69, 9.17) is 14.2 Å². The van der Waals surface area contributed by atoms with Gasteiger partial charge in [0.05, 0.1) is 31.0 Å². The van der Waals surface area contributed by atoms with Crippen molar-refractivity contribution in [3.8, 4) is 11.5 Å². The Kier molecular flexibility index (Phi) is 8.25. The van der Waals surface area contributed by atoms with E-state index in [1.54, 1.807) is 44.6 Å². The van der Waals surface area contributed by atoms with E-state index in [1.165, 1.54) is 11.3 Å². The van der Waals surface area contributed by atoms with Crippen molar-refractivity contribution in [2.45, 2.75) is 24.5 Å². The number of nitrogens with one attached hydrogen (secondary N) is 1. The predicted molar refractivity (Wildman–Crippen MR) is 139 cm³/mol. The number of rotatable bonds is 10. The second kappa shape index (κ2) is 11.5. The van der Waals surface area contributed by atoms with Gasteiger partial charge in [0.2, 0.25) is 0 Å². The lowest BCUT2D eigenvalue weighted by Crippen LogP contribution is -2.23. The summed E-state index contributed by atoms with van der Waals surface area (Å²) < 4.78 is 29.8. The van der Waals surface area contributed by atoms with Gasteiger partial charge in [-0.2, -0.15) is 0 Å². The zero-order valence-corrected chi connectivity index (χ0v) is 21.3. The molecule has 0 bridgehead atoms. The third-order valence-corrected chi connectivity index (χ3v) is 7.59. The van der Waals surface area contributed by atoms with Crippen LogP contribution < -0.4 is 14.8 Å². The fourth-order valence-corrected chi connectivity index (χ4v) is 5.17. The van der Waals surface area contributed by atoms with Crippen molar-refractivity contribution < 1.29 is 23.6 Å². The molecule has 2 unspecified atom stereocenters. The minimum Gasteiger partial charge on any atom is -0.611 e. The summed E-state index contributed by atoms with van der Waals surface area (Å²) in [5.41, 5.74) is 2.31. The lowest BCUT2D eigenvalue weighted by atomic mass is 10.1. The average molecular weight is 511 g/mol. The molecular weight excluding hydrogens is 484 g/mol. The molecule has 182 valence electrons. The van der Waals surface area contributed by atoms with Gasteiger partial charge in [0.1, 0.15) is 5.75 Å². The quantitative estimate of drug-likeness (QED) is 0.290. The van der Waals surface area contributed by atoms with Crippen molar-refractivity contribution in [2.75, 3.05) is 25.3 Å². The molecule has 0 aliphatic carbocycles. The molecule has 0 radical (unpaired) electrons. The van der Waals surface area contributed by atoms with Crippen LogP contribution in [0, 0.1) is 0 Å². The van der Waals surface area contributed by atoms with Crippen LogP contribution in [0.1, 0.15) is 24.2 Å². The lowest BCUT2D eigenvalue weighted by Gasteiger charge is -2.18. The maximum Gasteiger partial charge on any atom is 0.259 e. The molecule has 1 heterocycles. The number of methoxy groups -OCH3 is 2. The molecule has 9 heteroatoms. The number of hydrogen-bond acceptors (Lipinski definition) is 7. The Hall–Kier alpha value is -3.11. The SMILES string of the molecule is CC[S+]([O-])c1ccc(C(OCc2ccccc2)C(=O)Nc2nc3cc(OC)c(OC)cc3s2)cc1. The molecule has 35 heavy (non-hydrogen) atoms. The molecule has 0 fully saturated rings. The fourth-order valence-electron chi connectivity index (χ4n) is 3.52. The van der Waals surface area contributed by atoms with Crippen LogP contribution in [0.25, 0.3) is 10.2 Å². The van der Waals surface area contributed by atoms with Crippen molar-refractivity contribution in [1.82, 2.24) is 4.98 Å². The Bertz CT molecular complexity index is 1240. The first kappa shape index (κ1) is 25.0. The Balaban J connectivity index is 1.58. The molecule has 1 aromatic heterocycles. The van der Waals surface area contributed by atoms with E-state index in [9.17, 15) is 9.35 Å². The number of nitrogens with zero attached hydrogens (tertiary/aromatic N) is 1. The number of carbonyl (C=O) groups is 1. The normalized spacial score (nSPS) is 12.8. The predicted octanol–water partition coefficient (Wildman–Crippen LogP) is 5.34. The number of amides is 1. The van der Waals surface area contributed by atoms with Crippen LogP contribution in [0.3, 0.4) is 0 Å². The largest absolute Gasteiger partial charge is 0.611 e. The molecule has 0 saturated carbocycles. The first-order chi connectivity index (χ1) is 17.0. The number of thiazole rings is 1. The summed E-state index contributed by atoms with van der Waals surface area (Å²) in [7, 11) is 3.14. The van der Waals surface area contributed by atoms with Gasteiger partial charge < -0.3 is 18.8 Å². The van der Waals surface area contributed by atoms with Crippen LogP contribution in [-0.2, 0) is 27.3 Å². The average Bonchev–Trinajstić information content (AvgIpc) is 3.29. The highest BCUT2D eigenvalue weighted by molar-refractivity contribution is 7.91. The second-order valence-electron chi connectivity index (χ2n) is 7.56. The standard InChI is InChI=1S/C26H26N2O5S2/c1-4-35(30)19-12-10-18(11-13-19)24(33-16-17-8-6-5-7-9-17)25(29)28-26-27-20-14-21(31-2)22(32-3)15-23(20)34-26/h5-15,24H,4,16H2,1-3H3,(H,27,28,29). The van der Waals surface area contributed by atoms with Gasteiger partial charge in [-0.1, -0.05) is 53.8 Å². The van der Waals surface area contributed by atoms with Crippen LogP contribution >= 0.6 is 11.3 Å². The third-order valence-electron chi connectivity index (χ3n) is 5.33. The van der Waals surface area contributed by atoms with E-state index >= 15 is 0 Å². The zero-order valence-electron chi connectivity index (χ0n) is 19.6. The molecule has 0 saturated heterocycles. The van der Waals surface area contributed by atoms with E-state index in [1.807, 2.05) is 43.3 Å². The maximum atomic E-state index is 13.4. The number of hydrogen-bond donors (Lipinski definition) is 1. The first-order valence-corrected chi connectivity index (χ1v) is 13.1. The molecule has 0 aliphatic heterocycles. The first-order valence-electron chi connectivity index (χ1n) is 11.0. The van der Waals surface area contributed by atoms with Crippen LogP contribution in [0.2, 0.25) is 0 Å². The minimum absolute atomic E-state index is 0.260. The minimum atomic E-state index is -1.07. The third kappa shape index (κ3) is 5.94. The van der Waals surface area contributed by atoms with Crippen molar-refractivity contribution in [1.29, 1.82) is 0 Å². The van der Waals surface area contributed by atoms with Crippen LogP contribution in [0.5, 0.6) is 11.5 Å². The van der Waals surface area contributed by atoms with Crippen molar-refractivity contribution in [3.05, 3.63) is 77.9 Å². The molecule has 0 aliphatic rings. The summed E-state index contributed by atoms with van der Waals surface area (Å²) in [4.78, 5) is 18.6. The smallest absolute Gasteiger partial charge is 0.259 e. The highest BCUT2D eigenvalue weighted by atomic mass is 32.2. The molecule has 2 atom stereocenters. The van der Waals surface area contributed by atoms with Gasteiger partial charge >= 0.3 is 0 Å². The van der Waals surface area contributed by atoms with Gasteiger partial charge in [-0.3, -0.25) is 10.1 Å². The summed E-state index contributed by atoms with van der Waals surface area (Å²) in [6, 6.07) is 20.4. The Morgan fingerprint density at radius 3 is 2.40 bits per heavy atom. The van der Waals surface area contributed by atoms with Gasteiger partial charge in [-0.05, 0) is 41.4 Å². The summed E-state index contributed by atoms with van der Waals surface area (Å²) in [5, 5.41) is 3.33. The maximum absolute atomic E-state index is 13.4. The molecule has 3 aromatic carbocycles. The summed E-state index contributed by atoms with van der Waals surface area (Å²) in [6.07, 6.45) is -0.879. The summed E-state index contributed by atoms with van der Waals surface area (Å²) in [5.74, 6) is 1.34. The summed E-state index contributed by atoms with van der Waals surface area (Å²) >= 11 is 0.264. The van der Waals surface area contributed by atoms with E-state index in [2.05, 4.69) is 10.3 Å². The molecule has 7 nitrogen and oxygen atoms in total. The summed E-state index contributed by atoms with van der Waals surface area (Å²) in [6.45, 7) is 2.13. The number of fused-ring (bicyclic) bond motifs is 1. The monoisotopic (exact) mass is 510 g/mol. The Morgan fingerprint density at radius 2 is 1.74 bits per heavy atom. The van der Waals surface area contributed by atoms with Crippen LogP contribution in [0.15, 0.2) is 71.6 Å². The number of ether oxygens (including phenoxy) is 3. The van der Waals surface area contributed by atoms with E-state index in [0.717, 1.165) is 10.3 Å². The van der Waals surface area contributed by atoms with Gasteiger partial charge in [0.15, 0.2) is 27.6 Å². The van der Waals surface area contributed by atoms with Gasteiger partial charge in [0, 0.05) is 12.1 Å². The van der Waals surface area contributed by atoms with E-state index in [-0.39, 0.29) is 12.5 Å². The molecule has 1 amide bonds. The van der Waals surface area contributed by atoms with Crippen LogP contribution in [0.4, 0.5) is 5.13 Å². The zero-order chi connectivity index (χ0) is 24.8. The van der Waals surface area contributed by atoms with Gasteiger partial charge in [-0.15, -0.1) is 0 Å². The number of aromatic nitrogens is 1. The molecular formula is C26H26N2O5S2. The molecule has 0 spiro atoms. The number of carbonyl (C=O) groups excluding carboxylic acids is 1. The van der Waals surface area contributed by atoms with Gasteiger partial charge in [-0.25, -0.2) is 4.98 Å². The Morgan fingerprint density at radius 1 is 1.06 bits per heavy atom.